The fourth-order valence-corrected chi connectivity index (χ4v) is 5.66. The number of carbonyl (C=O) groups is 3. The Balaban J connectivity index is 4.15. The minimum atomic E-state index is -0.618. The van der Waals surface area contributed by atoms with E-state index in [0.717, 1.165) is 25.7 Å². The number of carbonyl (C=O) groups excluding carboxylic acids is 3. The van der Waals surface area contributed by atoms with Crippen molar-refractivity contribution >= 4 is 17.8 Å². The molecule has 0 atom stereocenters. The molecule has 0 heterocycles. The van der Waals surface area contributed by atoms with Crippen molar-refractivity contribution in [1.82, 2.24) is 5.32 Å². The number of hydrogen-bond acceptors (Lipinski definition) is 5. The van der Waals surface area contributed by atoms with Gasteiger partial charge in [-0.2, -0.15) is 0 Å². The first-order valence-corrected chi connectivity index (χ1v) is 19.1. The van der Waals surface area contributed by atoms with Crippen LogP contribution in [0.1, 0.15) is 181 Å². The van der Waals surface area contributed by atoms with E-state index in [-0.39, 0.29) is 37.2 Å². The van der Waals surface area contributed by atoms with E-state index in [1.165, 1.54) is 128 Å². The lowest BCUT2D eigenvalue weighted by Crippen LogP contribution is -2.48. The molecule has 0 unspecified atom stereocenters. The molecule has 0 spiro atoms. The number of ether oxygens (including phenoxy) is 2. The molecule has 0 radical (unpaired) electrons. The second-order valence-electron chi connectivity index (χ2n) is 14.3. The van der Waals surface area contributed by atoms with E-state index in [0.29, 0.717) is 17.7 Å². The normalized spacial score (nSPS) is 11.6. The molecule has 0 rings (SSSR count). The number of likely N-dealkylation sites (N-methyl/N-ethyl adjacent to an activating group) is 1. The molecule has 0 bridgehead atoms. The van der Waals surface area contributed by atoms with Crippen molar-refractivity contribution in [3.05, 3.63) is 0 Å². The molecule has 0 saturated heterocycles. The Morgan fingerprint density at radius 3 is 1.07 bits per heavy atom. The summed E-state index contributed by atoms with van der Waals surface area (Å²) in [5.41, 5.74) is 0. The van der Waals surface area contributed by atoms with Gasteiger partial charge < -0.3 is 19.3 Å². The lowest BCUT2D eigenvalue weighted by Gasteiger charge is -2.25. The van der Waals surface area contributed by atoms with Crippen molar-refractivity contribution in [2.24, 2.45) is 0 Å². The van der Waals surface area contributed by atoms with Crippen LogP contribution in [0.3, 0.4) is 0 Å². The van der Waals surface area contributed by atoms with Gasteiger partial charge in [0.2, 0.25) is 0 Å². The minimum Gasteiger partial charge on any atom is -0.466 e. The zero-order valence-corrected chi connectivity index (χ0v) is 30.6. The molecule has 0 aromatic rings. The fourth-order valence-electron chi connectivity index (χ4n) is 5.66. The van der Waals surface area contributed by atoms with Gasteiger partial charge in [-0.3, -0.25) is 14.4 Å². The van der Waals surface area contributed by atoms with Gasteiger partial charge in [-0.15, -0.1) is 0 Å². The van der Waals surface area contributed by atoms with Crippen molar-refractivity contribution in [1.29, 1.82) is 0 Å². The number of hydrogen-bond donors (Lipinski definition) is 1. The van der Waals surface area contributed by atoms with Gasteiger partial charge >= 0.3 is 11.9 Å². The maximum Gasteiger partial charge on any atom is 0.307 e. The predicted molar refractivity (Wildman–Crippen MR) is 188 cm³/mol. The largest absolute Gasteiger partial charge is 0.466 e. The summed E-state index contributed by atoms with van der Waals surface area (Å²) in [5.74, 6) is -0.931. The van der Waals surface area contributed by atoms with Gasteiger partial charge in [-0.25, -0.2) is 0 Å². The monoisotopic (exact) mass is 640 g/mol. The quantitative estimate of drug-likeness (QED) is 0.0439. The number of rotatable bonds is 33. The van der Waals surface area contributed by atoms with Gasteiger partial charge in [0.05, 0.1) is 47.2 Å². The molecule has 0 aliphatic rings. The zero-order chi connectivity index (χ0) is 33.4. The molecule has 7 heteroatoms. The molecule has 1 N–H and O–H groups in total. The average molecular weight is 640 g/mol. The highest BCUT2D eigenvalue weighted by molar-refractivity contribution is 5.80. The predicted octanol–water partition coefficient (Wildman–Crippen LogP) is 9.45. The Labute approximate surface area is 278 Å². The molecular formula is C38H75N2O5+. The van der Waals surface area contributed by atoms with Gasteiger partial charge in [0, 0.05) is 6.04 Å². The number of nitrogens with one attached hydrogen (secondary N) is 1. The van der Waals surface area contributed by atoms with Crippen LogP contribution in [-0.2, 0) is 23.9 Å². The highest BCUT2D eigenvalue weighted by Crippen LogP contribution is 2.14. The van der Waals surface area contributed by atoms with Crippen molar-refractivity contribution in [3.63, 3.8) is 0 Å². The van der Waals surface area contributed by atoms with Gasteiger partial charge in [0.25, 0.3) is 5.91 Å². The van der Waals surface area contributed by atoms with E-state index in [1.807, 2.05) is 21.1 Å². The second-order valence-corrected chi connectivity index (χ2v) is 14.3. The number of amides is 1. The topological polar surface area (TPSA) is 81.7 Å². The smallest absolute Gasteiger partial charge is 0.307 e. The van der Waals surface area contributed by atoms with Crippen LogP contribution in [0.5, 0.6) is 0 Å². The summed E-state index contributed by atoms with van der Waals surface area (Å²) in [6.07, 6.45) is 30.1. The van der Waals surface area contributed by atoms with Crippen LogP contribution in [-0.4, -0.2) is 69.3 Å². The molecule has 0 aliphatic carbocycles. The average Bonchev–Trinajstić information content (AvgIpc) is 2.96. The molecule has 0 aromatic heterocycles. The van der Waals surface area contributed by atoms with Gasteiger partial charge in [0.1, 0.15) is 0 Å². The minimum absolute atomic E-state index is 0.0190. The number of quaternary nitrogens is 1. The first-order chi connectivity index (χ1) is 21.7. The molecule has 0 aromatic carbocycles. The molecule has 45 heavy (non-hydrogen) atoms. The van der Waals surface area contributed by atoms with Crippen molar-refractivity contribution < 1.29 is 28.3 Å². The van der Waals surface area contributed by atoms with Crippen LogP contribution in [0.4, 0.5) is 0 Å². The summed E-state index contributed by atoms with van der Waals surface area (Å²) in [6, 6.07) is -0.618. The summed E-state index contributed by atoms with van der Waals surface area (Å²) in [4.78, 5) is 37.7. The van der Waals surface area contributed by atoms with Crippen LogP contribution in [0.15, 0.2) is 0 Å². The molecule has 0 saturated carbocycles. The lowest BCUT2D eigenvalue weighted by molar-refractivity contribution is -0.862. The highest BCUT2D eigenvalue weighted by Gasteiger charge is 2.24. The number of esters is 2. The van der Waals surface area contributed by atoms with Gasteiger partial charge in [-0.05, 0) is 12.8 Å². The SMILES string of the molecule is CCCCCCCCCCCCCCOC(=O)CC(CC(=O)OCCCCCCCCCCCCCC)NC(=O)C[N+](C)(C)C. The number of unbranched alkanes of at least 4 members (excludes halogenated alkanes) is 22. The maximum absolute atomic E-state index is 12.6. The van der Waals surface area contributed by atoms with E-state index in [9.17, 15) is 14.4 Å². The maximum atomic E-state index is 12.6. The van der Waals surface area contributed by atoms with Crippen molar-refractivity contribution in [2.45, 2.75) is 187 Å². The second kappa shape index (κ2) is 31.0. The Morgan fingerprint density at radius 1 is 0.489 bits per heavy atom. The standard InChI is InChI=1S/C38H74N2O5/c1-6-8-10-12-14-16-18-20-22-24-26-28-30-44-37(42)32-35(39-36(41)34-40(3,4)5)33-38(43)45-31-29-27-25-23-21-19-17-15-13-11-9-7-2/h35H,6-34H2,1-5H3/p+1. The van der Waals surface area contributed by atoms with E-state index in [4.69, 9.17) is 9.47 Å². The summed E-state index contributed by atoms with van der Waals surface area (Å²) >= 11 is 0. The summed E-state index contributed by atoms with van der Waals surface area (Å²) in [6.45, 7) is 5.55. The third-order valence-electron chi connectivity index (χ3n) is 8.33. The molecular weight excluding hydrogens is 564 g/mol. The van der Waals surface area contributed by atoms with Crippen LogP contribution < -0.4 is 5.32 Å². The van der Waals surface area contributed by atoms with E-state index in [2.05, 4.69) is 19.2 Å². The van der Waals surface area contributed by atoms with Crippen LogP contribution in [0, 0.1) is 0 Å². The molecule has 7 nitrogen and oxygen atoms in total. The Hall–Kier alpha value is -1.63. The summed E-state index contributed by atoms with van der Waals surface area (Å²) < 4.78 is 11.4. The third-order valence-corrected chi connectivity index (χ3v) is 8.33. The summed E-state index contributed by atoms with van der Waals surface area (Å²) in [7, 11) is 5.79. The first-order valence-electron chi connectivity index (χ1n) is 19.1. The van der Waals surface area contributed by atoms with Gasteiger partial charge in [0.15, 0.2) is 6.54 Å². The molecule has 1 amide bonds. The van der Waals surface area contributed by atoms with Crippen molar-refractivity contribution in [3.8, 4) is 0 Å². The molecule has 0 fully saturated rings. The molecule has 0 aliphatic heterocycles. The third kappa shape index (κ3) is 33.5. The van der Waals surface area contributed by atoms with Crippen LogP contribution in [0.25, 0.3) is 0 Å². The Bertz CT molecular complexity index is 663. The first kappa shape index (κ1) is 43.4. The molecule has 266 valence electrons. The van der Waals surface area contributed by atoms with E-state index >= 15 is 0 Å². The fraction of sp³-hybridized carbons (Fsp3) is 0.921. The highest BCUT2D eigenvalue weighted by atomic mass is 16.5. The Morgan fingerprint density at radius 2 is 0.778 bits per heavy atom. The van der Waals surface area contributed by atoms with E-state index < -0.39 is 6.04 Å². The number of nitrogens with zero attached hydrogens (tertiary/aromatic N) is 1. The lowest BCUT2D eigenvalue weighted by atomic mass is 10.1. The van der Waals surface area contributed by atoms with E-state index in [1.54, 1.807) is 0 Å². The zero-order valence-electron chi connectivity index (χ0n) is 30.6. The Kier molecular flexibility index (Phi) is 29.9. The van der Waals surface area contributed by atoms with Crippen LogP contribution >= 0.6 is 0 Å². The summed E-state index contributed by atoms with van der Waals surface area (Å²) in [5, 5.41) is 2.88. The van der Waals surface area contributed by atoms with Crippen molar-refractivity contribution in [2.75, 3.05) is 40.9 Å². The van der Waals surface area contributed by atoms with Crippen LogP contribution in [0.2, 0.25) is 0 Å². The van der Waals surface area contributed by atoms with Gasteiger partial charge in [-0.1, -0.05) is 155 Å².